The van der Waals surface area contributed by atoms with E-state index in [9.17, 15) is 0 Å². The van der Waals surface area contributed by atoms with Crippen molar-refractivity contribution in [1.29, 1.82) is 0 Å². The molecule has 0 radical (unpaired) electrons. The summed E-state index contributed by atoms with van der Waals surface area (Å²) in [7, 11) is 1.82. The molecule has 0 bridgehead atoms. The number of rotatable bonds is 5. The molecule has 0 spiro atoms. The Morgan fingerprint density at radius 2 is 1.74 bits per heavy atom. The molecule has 34 heavy (non-hydrogen) atoms. The molecule has 2 aromatic heterocycles. The van der Waals surface area contributed by atoms with Crippen LogP contribution < -0.4 is 10.6 Å². The van der Waals surface area contributed by atoms with Gasteiger partial charge in [0.1, 0.15) is 12.1 Å². The number of fused-ring (bicyclic) bond motifs is 3. The third kappa shape index (κ3) is 4.12. The molecule has 0 amide bonds. The van der Waals surface area contributed by atoms with E-state index in [0.717, 1.165) is 60.9 Å². The molecule has 0 unspecified atom stereocenters. The Hall–Kier alpha value is -3.10. The predicted molar refractivity (Wildman–Crippen MR) is 133 cm³/mol. The zero-order valence-electron chi connectivity index (χ0n) is 19.6. The number of hydrogen-bond donors (Lipinski definition) is 2. The minimum atomic E-state index is 0.450. The van der Waals surface area contributed by atoms with E-state index in [4.69, 9.17) is 9.72 Å². The first-order chi connectivity index (χ1) is 16.8. The molecule has 1 saturated heterocycles. The highest BCUT2D eigenvalue weighted by molar-refractivity contribution is 5.86. The maximum absolute atomic E-state index is 5.53. The fourth-order valence-electron chi connectivity index (χ4n) is 5.60. The van der Waals surface area contributed by atoms with Crippen molar-refractivity contribution in [2.24, 2.45) is 0 Å². The third-order valence-corrected chi connectivity index (χ3v) is 7.47. The highest BCUT2D eigenvalue weighted by Crippen LogP contribution is 2.42. The molecule has 1 aromatic carbocycles. The van der Waals surface area contributed by atoms with Gasteiger partial charge in [-0.1, -0.05) is 12.1 Å². The Morgan fingerprint density at radius 1 is 0.941 bits per heavy atom. The summed E-state index contributed by atoms with van der Waals surface area (Å²) < 4.78 is 5.53. The van der Waals surface area contributed by atoms with E-state index in [1.165, 1.54) is 36.8 Å². The maximum Gasteiger partial charge on any atom is 0.222 e. The van der Waals surface area contributed by atoms with E-state index < -0.39 is 0 Å². The van der Waals surface area contributed by atoms with Crippen LogP contribution in [0.4, 0.5) is 11.8 Å². The first-order valence-electron chi connectivity index (χ1n) is 12.3. The van der Waals surface area contributed by atoms with Crippen LogP contribution in [0.3, 0.4) is 0 Å². The second kappa shape index (κ2) is 9.27. The Balaban J connectivity index is 1.21. The Kier molecular flexibility index (Phi) is 5.84. The fraction of sp³-hybridized carbons (Fsp3) is 0.462. The molecule has 8 nitrogen and oxygen atoms in total. The van der Waals surface area contributed by atoms with Crippen LogP contribution in [-0.2, 0) is 11.2 Å². The number of ether oxygens (including phenoxy) is 1. The van der Waals surface area contributed by atoms with Crippen LogP contribution in [0.1, 0.15) is 36.9 Å². The van der Waals surface area contributed by atoms with Gasteiger partial charge in [-0.2, -0.15) is 0 Å². The first-order valence-corrected chi connectivity index (χ1v) is 12.3. The average molecular weight is 458 g/mol. The summed E-state index contributed by atoms with van der Waals surface area (Å²) in [5, 5.41) is 6.77. The van der Waals surface area contributed by atoms with Crippen molar-refractivity contribution in [2.45, 2.75) is 44.2 Å². The van der Waals surface area contributed by atoms with E-state index >= 15 is 0 Å². The van der Waals surface area contributed by atoms with Gasteiger partial charge < -0.3 is 15.4 Å². The summed E-state index contributed by atoms with van der Waals surface area (Å²) in [6.07, 6.45) is 11.1. The zero-order chi connectivity index (χ0) is 22.9. The molecular formula is C26H31N7O. The van der Waals surface area contributed by atoms with Crippen LogP contribution >= 0.6 is 0 Å². The van der Waals surface area contributed by atoms with E-state index in [-0.39, 0.29) is 0 Å². The minimum absolute atomic E-state index is 0.450. The smallest absolute Gasteiger partial charge is 0.222 e. The van der Waals surface area contributed by atoms with Crippen molar-refractivity contribution in [1.82, 2.24) is 24.8 Å². The monoisotopic (exact) mass is 457 g/mol. The van der Waals surface area contributed by atoms with Gasteiger partial charge in [-0.25, -0.2) is 19.9 Å². The van der Waals surface area contributed by atoms with Crippen molar-refractivity contribution < 1.29 is 4.74 Å². The molecule has 2 fully saturated rings. The molecule has 8 heteroatoms. The van der Waals surface area contributed by atoms with Gasteiger partial charge in [-0.15, -0.1) is 0 Å². The second-order valence-corrected chi connectivity index (χ2v) is 9.44. The SMILES string of the molecule is CNc1ncc(-c2ccc3c(c2)-c2c(ncnc2NC2CCC(N4CCOCC4)CC2)C3)cn1. The molecule has 3 aliphatic rings. The Labute approximate surface area is 200 Å². The van der Waals surface area contributed by atoms with Crippen molar-refractivity contribution in [2.75, 3.05) is 44.0 Å². The summed E-state index contributed by atoms with van der Waals surface area (Å²) in [5.74, 6) is 1.59. The number of anilines is 2. The molecule has 3 aromatic rings. The molecule has 1 aliphatic heterocycles. The Bertz CT molecular complexity index is 1150. The number of benzene rings is 1. The van der Waals surface area contributed by atoms with Crippen LogP contribution in [0.15, 0.2) is 36.9 Å². The summed E-state index contributed by atoms with van der Waals surface area (Å²) in [4.78, 5) is 20.7. The lowest BCUT2D eigenvalue weighted by Crippen LogP contribution is -2.46. The second-order valence-electron chi connectivity index (χ2n) is 9.44. The van der Waals surface area contributed by atoms with Gasteiger partial charge >= 0.3 is 0 Å². The Morgan fingerprint density at radius 3 is 2.50 bits per heavy atom. The van der Waals surface area contributed by atoms with Crippen LogP contribution in [0.2, 0.25) is 0 Å². The van der Waals surface area contributed by atoms with E-state index in [1.807, 2.05) is 19.4 Å². The van der Waals surface area contributed by atoms with Gasteiger partial charge in [-0.3, -0.25) is 4.90 Å². The van der Waals surface area contributed by atoms with Crippen molar-refractivity contribution in [3.05, 3.63) is 48.2 Å². The lowest BCUT2D eigenvalue weighted by Gasteiger charge is -2.39. The largest absolute Gasteiger partial charge is 0.379 e. The summed E-state index contributed by atoms with van der Waals surface area (Å²) in [6.45, 7) is 3.89. The van der Waals surface area contributed by atoms with Crippen molar-refractivity contribution in [3.8, 4) is 22.3 Å². The standard InChI is InChI=1S/C26H31N7O/c1-27-26-28-14-19(15-29-26)17-2-3-18-13-23-24(22(18)12-17)25(31-16-30-23)32-20-4-6-21(7-5-20)33-8-10-34-11-9-33/h2-3,12,14-16,20-21H,4-11,13H2,1H3,(H,27,28,29)(H,30,31,32). The van der Waals surface area contributed by atoms with Gasteiger partial charge in [0, 0.05) is 62.2 Å². The van der Waals surface area contributed by atoms with E-state index in [1.54, 1.807) is 6.33 Å². The molecular weight excluding hydrogens is 426 g/mol. The average Bonchev–Trinajstić information content (AvgIpc) is 3.28. The quantitative estimate of drug-likeness (QED) is 0.470. The number of morpholine rings is 1. The van der Waals surface area contributed by atoms with E-state index in [2.05, 4.69) is 48.7 Å². The molecule has 0 atom stereocenters. The summed E-state index contributed by atoms with van der Waals surface area (Å²) in [5.41, 5.74) is 6.88. The van der Waals surface area contributed by atoms with Gasteiger partial charge in [0.05, 0.1) is 18.9 Å². The normalized spacial score (nSPS) is 22.1. The maximum atomic E-state index is 5.53. The minimum Gasteiger partial charge on any atom is -0.379 e. The number of aromatic nitrogens is 4. The van der Waals surface area contributed by atoms with Gasteiger partial charge in [0.2, 0.25) is 5.95 Å². The summed E-state index contributed by atoms with van der Waals surface area (Å²) in [6, 6.07) is 7.73. The van der Waals surface area contributed by atoms with Gasteiger partial charge in [-0.05, 0) is 48.4 Å². The first kappa shape index (κ1) is 21.4. The number of nitrogens with zero attached hydrogens (tertiary/aromatic N) is 5. The predicted octanol–water partition coefficient (Wildman–Crippen LogP) is 3.60. The van der Waals surface area contributed by atoms with Crippen LogP contribution in [0.5, 0.6) is 0 Å². The third-order valence-electron chi connectivity index (χ3n) is 7.47. The molecule has 2 N–H and O–H groups in total. The van der Waals surface area contributed by atoms with Crippen LogP contribution in [-0.4, -0.2) is 70.3 Å². The molecule has 2 aliphatic carbocycles. The van der Waals surface area contributed by atoms with Crippen molar-refractivity contribution in [3.63, 3.8) is 0 Å². The molecule has 3 heterocycles. The molecule has 6 rings (SSSR count). The highest BCUT2D eigenvalue weighted by atomic mass is 16.5. The van der Waals surface area contributed by atoms with E-state index in [0.29, 0.717) is 18.0 Å². The van der Waals surface area contributed by atoms with Gasteiger partial charge in [0.15, 0.2) is 0 Å². The molecule has 176 valence electrons. The van der Waals surface area contributed by atoms with Gasteiger partial charge in [0.25, 0.3) is 0 Å². The lowest BCUT2D eigenvalue weighted by atomic mass is 9.89. The lowest BCUT2D eigenvalue weighted by molar-refractivity contribution is 0.00791. The fourth-order valence-corrected chi connectivity index (χ4v) is 5.60. The highest BCUT2D eigenvalue weighted by Gasteiger charge is 2.29. The van der Waals surface area contributed by atoms with Crippen LogP contribution in [0.25, 0.3) is 22.3 Å². The number of nitrogens with one attached hydrogen (secondary N) is 2. The van der Waals surface area contributed by atoms with Crippen LogP contribution in [0, 0.1) is 0 Å². The number of hydrogen-bond acceptors (Lipinski definition) is 8. The zero-order valence-corrected chi connectivity index (χ0v) is 19.6. The molecule has 1 saturated carbocycles. The summed E-state index contributed by atoms with van der Waals surface area (Å²) >= 11 is 0. The topological polar surface area (TPSA) is 88.1 Å². The van der Waals surface area contributed by atoms with Crippen molar-refractivity contribution >= 4 is 11.8 Å².